The third-order valence-electron chi connectivity index (χ3n) is 4.58. The topological polar surface area (TPSA) is 59.1 Å². The summed E-state index contributed by atoms with van der Waals surface area (Å²) in [5.41, 5.74) is 0.163. The number of rotatable bonds is 10. The molecule has 3 aromatic rings. The Balaban J connectivity index is 1.72. The van der Waals surface area contributed by atoms with E-state index >= 15 is 0 Å². The SMILES string of the molecule is CCCCCCOc1ccc(Nc2nc(Nc3ccc(Br)cc3)ncc2C(F)(F)F)cc1. The van der Waals surface area contributed by atoms with E-state index in [2.05, 4.69) is 43.5 Å². The molecule has 2 aromatic carbocycles. The quantitative estimate of drug-likeness (QED) is 0.274. The van der Waals surface area contributed by atoms with Crippen LogP contribution in [0.3, 0.4) is 0 Å². The lowest BCUT2D eigenvalue weighted by Crippen LogP contribution is -2.12. The van der Waals surface area contributed by atoms with Crippen molar-refractivity contribution < 1.29 is 17.9 Å². The molecule has 32 heavy (non-hydrogen) atoms. The number of hydrogen-bond acceptors (Lipinski definition) is 5. The highest BCUT2D eigenvalue weighted by Gasteiger charge is 2.35. The van der Waals surface area contributed by atoms with Crippen molar-refractivity contribution in [3.05, 3.63) is 64.8 Å². The molecule has 1 heterocycles. The molecule has 0 aliphatic rings. The van der Waals surface area contributed by atoms with E-state index < -0.39 is 11.7 Å². The van der Waals surface area contributed by atoms with E-state index in [1.807, 2.05) is 0 Å². The molecular weight excluding hydrogens is 485 g/mol. The lowest BCUT2D eigenvalue weighted by molar-refractivity contribution is -0.137. The van der Waals surface area contributed by atoms with Gasteiger partial charge in [0.15, 0.2) is 0 Å². The summed E-state index contributed by atoms with van der Waals surface area (Å²) in [5, 5.41) is 5.66. The van der Waals surface area contributed by atoms with Gasteiger partial charge in [-0.1, -0.05) is 42.1 Å². The Morgan fingerprint density at radius 2 is 1.56 bits per heavy atom. The van der Waals surface area contributed by atoms with Gasteiger partial charge in [-0.25, -0.2) is 4.98 Å². The van der Waals surface area contributed by atoms with Gasteiger partial charge in [0.25, 0.3) is 0 Å². The molecule has 2 N–H and O–H groups in total. The summed E-state index contributed by atoms with van der Waals surface area (Å²) < 4.78 is 47.0. The lowest BCUT2D eigenvalue weighted by Gasteiger charge is -2.15. The second-order valence-corrected chi connectivity index (χ2v) is 8.06. The fourth-order valence-corrected chi connectivity index (χ4v) is 3.16. The summed E-state index contributed by atoms with van der Waals surface area (Å²) >= 11 is 3.34. The van der Waals surface area contributed by atoms with Gasteiger partial charge in [-0.3, -0.25) is 0 Å². The lowest BCUT2D eigenvalue weighted by atomic mass is 10.2. The molecule has 5 nitrogen and oxygen atoms in total. The zero-order chi connectivity index (χ0) is 23.0. The zero-order valence-electron chi connectivity index (χ0n) is 17.5. The number of halogens is 4. The minimum absolute atomic E-state index is 0.0508. The van der Waals surface area contributed by atoms with Crippen LogP contribution < -0.4 is 15.4 Å². The van der Waals surface area contributed by atoms with Crippen LogP contribution in [0.4, 0.5) is 36.3 Å². The number of alkyl halides is 3. The molecule has 0 fully saturated rings. The van der Waals surface area contributed by atoms with E-state index in [1.165, 1.54) is 6.42 Å². The molecular formula is C23H24BrF3N4O. The molecule has 0 saturated carbocycles. The van der Waals surface area contributed by atoms with Crippen LogP contribution >= 0.6 is 15.9 Å². The molecule has 1 aromatic heterocycles. The molecule has 0 spiro atoms. The smallest absolute Gasteiger partial charge is 0.421 e. The first-order valence-electron chi connectivity index (χ1n) is 10.3. The van der Waals surface area contributed by atoms with Crippen molar-refractivity contribution >= 4 is 39.1 Å². The van der Waals surface area contributed by atoms with Crippen LogP contribution in [0.5, 0.6) is 5.75 Å². The molecule has 0 saturated heterocycles. The second-order valence-electron chi connectivity index (χ2n) is 7.14. The fourth-order valence-electron chi connectivity index (χ4n) is 2.90. The van der Waals surface area contributed by atoms with E-state index in [-0.39, 0.29) is 11.8 Å². The number of ether oxygens (including phenoxy) is 1. The van der Waals surface area contributed by atoms with Gasteiger partial charge in [-0.05, 0) is 55.0 Å². The van der Waals surface area contributed by atoms with Crippen molar-refractivity contribution in [3.63, 3.8) is 0 Å². The van der Waals surface area contributed by atoms with E-state index in [0.717, 1.165) is 29.9 Å². The minimum Gasteiger partial charge on any atom is -0.494 e. The Morgan fingerprint density at radius 1 is 0.906 bits per heavy atom. The summed E-state index contributed by atoms with van der Waals surface area (Å²) in [6, 6.07) is 13.9. The summed E-state index contributed by atoms with van der Waals surface area (Å²) in [5.74, 6) is 0.388. The standard InChI is InChI=1S/C23H24BrF3N4O/c1-2-3-4-5-14-32-19-12-10-17(11-13-19)29-21-20(23(25,26)27)15-28-22(31-21)30-18-8-6-16(24)7-9-18/h6-13,15H,2-5,14H2,1H3,(H2,28,29,30,31). The number of nitrogens with zero attached hydrogens (tertiary/aromatic N) is 2. The first-order valence-corrected chi connectivity index (χ1v) is 11.1. The van der Waals surface area contributed by atoms with Gasteiger partial charge in [0, 0.05) is 22.0 Å². The van der Waals surface area contributed by atoms with E-state index in [9.17, 15) is 13.2 Å². The Kier molecular flexibility index (Phi) is 8.33. The van der Waals surface area contributed by atoms with E-state index in [0.29, 0.717) is 23.7 Å². The highest BCUT2D eigenvalue weighted by Crippen LogP contribution is 2.35. The highest BCUT2D eigenvalue weighted by molar-refractivity contribution is 9.10. The van der Waals surface area contributed by atoms with Crippen LogP contribution in [0.1, 0.15) is 38.2 Å². The largest absolute Gasteiger partial charge is 0.494 e. The predicted octanol–water partition coefficient (Wildman–Crippen LogP) is 7.70. The molecule has 0 aliphatic carbocycles. The Morgan fingerprint density at radius 3 is 2.22 bits per heavy atom. The van der Waals surface area contributed by atoms with Crippen molar-refractivity contribution in [1.29, 1.82) is 0 Å². The Hall–Kier alpha value is -2.81. The number of unbranched alkanes of at least 4 members (excludes halogenated alkanes) is 3. The number of nitrogens with one attached hydrogen (secondary N) is 2. The van der Waals surface area contributed by atoms with Crippen LogP contribution in [-0.2, 0) is 6.18 Å². The van der Waals surface area contributed by atoms with Crippen LogP contribution in [0.25, 0.3) is 0 Å². The van der Waals surface area contributed by atoms with Gasteiger partial charge in [0.2, 0.25) is 5.95 Å². The molecule has 0 amide bonds. The predicted molar refractivity (Wildman–Crippen MR) is 124 cm³/mol. The minimum atomic E-state index is -4.60. The van der Waals surface area contributed by atoms with Crippen molar-refractivity contribution in [1.82, 2.24) is 9.97 Å². The number of anilines is 4. The molecule has 0 aliphatic heterocycles. The third-order valence-corrected chi connectivity index (χ3v) is 5.11. The van der Waals surface area contributed by atoms with Crippen LogP contribution in [0.15, 0.2) is 59.2 Å². The maximum atomic E-state index is 13.5. The molecule has 0 bridgehead atoms. The van der Waals surface area contributed by atoms with Gasteiger partial charge >= 0.3 is 6.18 Å². The summed E-state index contributed by atoms with van der Waals surface area (Å²) in [4.78, 5) is 7.88. The van der Waals surface area contributed by atoms with Gasteiger partial charge in [-0.2, -0.15) is 18.2 Å². The fraction of sp³-hybridized carbons (Fsp3) is 0.304. The molecule has 0 radical (unpaired) electrons. The molecule has 9 heteroatoms. The van der Waals surface area contributed by atoms with Crippen molar-refractivity contribution in [2.24, 2.45) is 0 Å². The number of aromatic nitrogens is 2. The van der Waals surface area contributed by atoms with Gasteiger partial charge in [0.1, 0.15) is 17.1 Å². The molecule has 170 valence electrons. The zero-order valence-corrected chi connectivity index (χ0v) is 19.1. The van der Waals surface area contributed by atoms with Crippen molar-refractivity contribution in [2.45, 2.75) is 38.8 Å². The Labute approximate surface area is 193 Å². The average Bonchev–Trinajstić information content (AvgIpc) is 2.76. The maximum absolute atomic E-state index is 13.5. The number of benzene rings is 2. The monoisotopic (exact) mass is 508 g/mol. The third kappa shape index (κ3) is 7.12. The summed E-state index contributed by atoms with van der Waals surface area (Å²) in [7, 11) is 0. The van der Waals surface area contributed by atoms with Crippen LogP contribution in [0.2, 0.25) is 0 Å². The summed E-state index contributed by atoms with van der Waals surface area (Å²) in [6.07, 6.45) is 0.581. The van der Waals surface area contributed by atoms with E-state index in [4.69, 9.17) is 4.74 Å². The van der Waals surface area contributed by atoms with Crippen molar-refractivity contribution in [2.75, 3.05) is 17.2 Å². The average molecular weight is 509 g/mol. The Bertz CT molecular complexity index is 996. The van der Waals surface area contributed by atoms with Gasteiger partial charge in [0.05, 0.1) is 6.61 Å². The summed E-state index contributed by atoms with van der Waals surface area (Å²) in [6.45, 7) is 2.76. The number of hydrogen-bond donors (Lipinski definition) is 2. The second kappa shape index (κ2) is 11.2. The molecule has 0 unspecified atom stereocenters. The normalized spacial score (nSPS) is 11.3. The molecule has 3 rings (SSSR count). The van der Waals surface area contributed by atoms with Gasteiger partial charge < -0.3 is 15.4 Å². The van der Waals surface area contributed by atoms with Crippen LogP contribution in [-0.4, -0.2) is 16.6 Å². The highest BCUT2D eigenvalue weighted by atomic mass is 79.9. The van der Waals surface area contributed by atoms with Crippen LogP contribution in [0, 0.1) is 0 Å². The first-order chi connectivity index (χ1) is 15.3. The first kappa shape index (κ1) is 23.8. The van der Waals surface area contributed by atoms with Crippen molar-refractivity contribution in [3.8, 4) is 5.75 Å². The van der Waals surface area contributed by atoms with E-state index in [1.54, 1.807) is 48.5 Å². The maximum Gasteiger partial charge on any atom is 0.421 e. The van der Waals surface area contributed by atoms with Gasteiger partial charge in [-0.15, -0.1) is 0 Å². The molecule has 0 atom stereocenters.